The van der Waals surface area contributed by atoms with Gasteiger partial charge < -0.3 is 19.6 Å². The summed E-state index contributed by atoms with van der Waals surface area (Å²) in [4.78, 5) is 10.0. The van der Waals surface area contributed by atoms with Crippen LogP contribution in [0, 0.1) is 27.7 Å². The summed E-state index contributed by atoms with van der Waals surface area (Å²) >= 11 is 0. The summed E-state index contributed by atoms with van der Waals surface area (Å²) in [6, 6.07) is 111. The minimum absolute atomic E-state index is 0.0503. The first-order chi connectivity index (χ1) is 47.5. The molecule has 0 amide bonds. The van der Waals surface area contributed by atoms with E-state index in [0.29, 0.717) is 0 Å². The van der Waals surface area contributed by atoms with Crippen LogP contribution >= 0.6 is 0 Å². The van der Waals surface area contributed by atoms with Crippen LogP contribution in [0.5, 0.6) is 0 Å². The van der Waals surface area contributed by atoms with E-state index in [1.54, 1.807) is 0 Å². The van der Waals surface area contributed by atoms with Crippen molar-refractivity contribution in [3.05, 3.63) is 325 Å². The van der Waals surface area contributed by atoms with E-state index in [9.17, 15) is 0 Å². The predicted octanol–water partition coefficient (Wildman–Crippen LogP) is 27.5. The van der Waals surface area contributed by atoms with E-state index in [1.807, 2.05) is 0 Å². The number of anilines is 12. The van der Waals surface area contributed by atoms with Crippen LogP contribution in [0.1, 0.15) is 74.9 Å². The number of nitrogens with zero attached hydrogens (tertiary/aromatic N) is 4. The largest absolute Gasteiger partial charge is 0.310 e. The zero-order chi connectivity index (χ0) is 66.9. The highest BCUT2D eigenvalue weighted by Gasteiger charge is 2.30. The molecule has 0 fully saturated rings. The van der Waals surface area contributed by atoms with Crippen molar-refractivity contribution in [2.75, 3.05) is 19.6 Å². The van der Waals surface area contributed by atoms with Crippen LogP contribution in [0.3, 0.4) is 0 Å². The van der Waals surface area contributed by atoms with Gasteiger partial charge in [0.1, 0.15) is 0 Å². The summed E-state index contributed by atoms with van der Waals surface area (Å²) in [6.45, 7) is 22.5. The minimum atomic E-state index is -0.0503. The third kappa shape index (κ3) is 10.0. The fourth-order valence-electron chi connectivity index (χ4n) is 15.5. The van der Waals surface area contributed by atoms with Crippen molar-refractivity contribution < 1.29 is 0 Å². The third-order valence-electron chi connectivity index (χ3n) is 20.7. The molecule has 0 unspecified atom stereocenters. The van der Waals surface area contributed by atoms with Crippen molar-refractivity contribution in [2.24, 2.45) is 0 Å². The van der Waals surface area contributed by atoms with Gasteiger partial charge in [0.05, 0.1) is 34.1 Å². The minimum Gasteiger partial charge on any atom is -0.310 e. The lowest BCUT2D eigenvalue weighted by molar-refractivity contribution is 0.590. The molecule has 0 aliphatic carbocycles. The third-order valence-corrected chi connectivity index (χ3v) is 20.7. The molecule has 0 aromatic heterocycles. The highest BCUT2D eigenvalue weighted by atomic mass is 15.2. The summed E-state index contributed by atoms with van der Waals surface area (Å²) in [5.41, 5.74) is 20.8. The van der Waals surface area contributed by atoms with Gasteiger partial charge in [-0.1, -0.05) is 258 Å². The van der Waals surface area contributed by atoms with E-state index in [-0.39, 0.29) is 10.8 Å². The van der Waals surface area contributed by atoms with Crippen LogP contribution in [0.4, 0.5) is 68.2 Å². The standard InChI is InChI=1S/C94H78N4/c1-59-19-39-69(40-20-59)95(70-41-21-60(2)22-42-70)83-55-31-63-29-53-81-85(57-33-65-27-51-79(83)87(63)89(65)81)97(73-47-35-67(36-48-73)93(5,6)7)91-75-15-11-13-17-77(75)92(78-18-14-12-16-76(78)91)98(74-49-37-68(38-50-74)94(8,9)10)86-58-34-66-28-52-80-84(56-32-64-30-54-82(86)90(66)88(64)80)96(71-43-23-61(3)24-44-71)72-45-25-62(4)26-46-72/h11-58H,1-10H3. The Morgan fingerprint density at radius 3 is 0.633 bits per heavy atom. The Morgan fingerprint density at radius 2 is 0.398 bits per heavy atom. The number of benzene rings is 17. The number of fused-ring (bicyclic) bond motifs is 2. The molecule has 0 atom stereocenters. The molecule has 17 rings (SSSR count). The molecule has 0 aliphatic rings. The molecule has 0 spiro atoms. The maximum Gasteiger partial charge on any atom is 0.0620 e. The second kappa shape index (κ2) is 23.1. The van der Waals surface area contributed by atoms with Crippen LogP contribution in [-0.2, 0) is 10.8 Å². The first-order valence-electron chi connectivity index (χ1n) is 34.6. The van der Waals surface area contributed by atoms with Crippen LogP contribution in [0.25, 0.3) is 86.2 Å². The Morgan fingerprint density at radius 1 is 0.194 bits per heavy atom. The van der Waals surface area contributed by atoms with Gasteiger partial charge in [-0.05, 0) is 190 Å². The van der Waals surface area contributed by atoms with Crippen LogP contribution in [0.2, 0.25) is 0 Å². The molecular formula is C94H78N4. The molecule has 0 bridgehead atoms. The number of rotatable bonds is 12. The van der Waals surface area contributed by atoms with Crippen molar-refractivity contribution in [1.29, 1.82) is 0 Å². The lowest BCUT2D eigenvalue weighted by Gasteiger charge is -2.34. The van der Waals surface area contributed by atoms with Gasteiger partial charge in [0.25, 0.3) is 0 Å². The van der Waals surface area contributed by atoms with Crippen LogP contribution < -0.4 is 19.6 Å². The van der Waals surface area contributed by atoms with Gasteiger partial charge in [0.15, 0.2) is 0 Å². The summed E-state index contributed by atoms with van der Waals surface area (Å²) in [5, 5.41) is 19.2. The molecule has 0 N–H and O–H groups in total. The summed E-state index contributed by atoms with van der Waals surface area (Å²) < 4.78 is 0. The smallest absolute Gasteiger partial charge is 0.0620 e. The maximum absolute atomic E-state index is 2.59. The zero-order valence-electron chi connectivity index (χ0n) is 57.5. The Hall–Kier alpha value is -11.5. The highest BCUT2D eigenvalue weighted by Crippen LogP contribution is 2.56. The summed E-state index contributed by atoms with van der Waals surface area (Å²) in [6.07, 6.45) is 0. The molecule has 0 aliphatic heterocycles. The Balaban J connectivity index is 0.921. The molecule has 4 heteroatoms. The van der Waals surface area contributed by atoms with Crippen molar-refractivity contribution in [2.45, 2.75) is 80.1 Å². The van der Waals surface area contributed by atoms with E-state index < -0.39 is 0 Å². The second-order valence-corrected chi connectivity index (χ2v) is 29.2. The van der Waals surface area contributed by atoms with Gasteiger partial charge in [0.2, 0.25) is 0 Å². The van der Waals surface area contributed by atoms with Gasteiger partial charge in [0, 0.05) is 77.2 Å². The fourth-order valence-corrected chi connectivity index (χ4v) is 15.5. The quantitative estimate of drug-likeness (QED) is 0.0687. The Labute approximate surface area is 575 Å². The Kier molecular flexibility index (Phi) is 14.2. The Bertz CT molecular complexity index is 5380. The van der Waals surface area contributed by atoms with Gasteiger partial charge in [-0.25, -0.2) is 0 Å². The monoisotopic (exact) mass is 1260 g/mol. The number of hydrogen-bond donors (Lipinski definition) is 0. The SMILES string of the molecule is Cc1ccc(N(c2ccc(C)cc2)c2ccc3ccc4c(N(c5ccc(C(C)(C)C)cc5)c5c6ccccc6c(N(c6ccc(C(C)(C)C)cc6)c6ccc7ccc8c(N(c9ccc(C)cc9)c9ccc(C)cc9)ccc9ccc6c7c98)c6ccccc56)ccc5ccc2c3c54)cc1. The van der Waals surface area contributed by atoms with Crippen molar-refractivity contribution in [3.8, 4) is 0 Å². The topological polar surface area (TPSA) is 13.0 Å². The van der Waals surface area contributed by atoms with Crippen LogP contribution in [-0.4, -0.2) is 0 Å². The van der Waals surface area contributed by atoms with Gasteiger partial charge in [-0.3, -0.25) is 0 Å². The van der Waals surface area contributed by atoms with E-state index in [2.05, 4.69) is 380 Å². The number of hydrogen-bond acceptors (Lipinski definition) is 4. The molecule has 0 radical (unpaired) electrons. The fraction of sp³-hybridized carbons (Fsp3) is 0.128. The molecule has 98 heavy (non-hydrogen) atoms. The molecule has 17 aromatic rings. The average molecular weight is 1260 g/mol. The lowest BCUT2D eigenvalue weighted by Crippen LogP contribution is -2.16. The molecule has 0 saturated carbocycles. The first kappa shape index (κ1) is 60.2. The number of aryl methyl sites for hydroxylation is 4. The van der Waals surface area contributed by atoms with E-state index in [1.165, 1.54) is 98.0 Å². The van der Waals surface area contributed by atoms with Gasteiger partial charge in [-0.15, -0.1) is 0 Å². The highest BCUT2D eigenvalue weighted by molar-refractivity contribution is 6.32. The molecule has 4 nitrogen and oxygen atoms in total. The molecule has 0 heterocycles. The zero-order valence-corrected chi connectivity index (χ0v) is 57.5. The van der Waals surface area contributed by atoms with Gasteiger partial charge >= 0.3 is 0 Å². The van der Waals surface area contributed by atoms with E-state index in [0.717, 1.165) is 89.8 Å². The predicted molar refractivity (Wildman–Crippen MR) is 424 cm³/mol. The van der Waals surface area contributed by atoms with Crippen molar-refractivity contribution >= 4 is 154 Å². The summed E-state index contributed by atoms with van der Waals surface area (Å²) in [5.74, 6) is 0. The lowest BCUT2D eigenvalue weighted by atomic mass is 9.86. The molecular weight excluding hydrogens is 1190 g/mol. The van der Waals surface area contributed by atoms with E-state index >= 15 is 0 Å². The molecule has 17 aromatic carbocycles. The van der Waals surface area contributed by atoms with Crippen molar-refractivity contribution in [1.82, 2.24) is 0 Å². The maximum atomic E-state index is 2.59. The van der Waals surface area contributed by atoms with E-state index in [4.69, 9.17) is 0 Å². The molecule has 0 saturated heterocycles. The second-order valence-electron chi connectivity index (χ2n) is 29.2. The van der Waals surface area contributed by atoms with Crippen LogP contribution in [0.15, 0.2) is 291 Å². The summed E-state index contributed by atoms with van der Waals surface area (Å²) in [7, 11) is 0. The first-order valence-corrected chi connectivity index (χ1v) is 34.6. The molecule has 474 valence electrons. The average Bonchev–Trinajstić information content (AvgIpc) is 0.714. The van der Waals surface area contributed by atoms with Crippen molar-refractivity contribution in [3.63, 3.8) is 0 Å². The van der Waals surface area contributed by atoms with Gasteiger partial charge in [-0.2, -0.15) is 0 Å². The normalized spacial score (nSPS) is 12.2.